The van der Waals surface area contributed by atoms with E-state index in [-0.39, 0.29) is 29.0 Å². The van der Waals surface area contributed by atoms with Crippen LogP contribution in [0.2, 0.25) is 0 Å². The lowest BCUT2D eigenvalue weighted by molar-refractivity contribution is -0.0611. The van der Waals surface area contributed by atoms with Gasteiger partial charge in [-0.15, -0.1) is 0 Å². The molecule has 2 aromatic rings. The molecule has 0 aliphatic carbocycles. The van der Waals surface area contributed by atoms with E-state index in [0.717, 1.165) is 0 Å². The molecule has 0 spiro atoms. The van der Waals surface area contributed by atoms with Crippen LogP contribution in [0.15, 0.2) is 6.20 Å². The molecule has 0 unspecified atom stereocenters. The second kappa shape index (κ2) is 7.37. The molecule has 1 aliphatic heterocycles. The molecule has 1 amide bonds. The number of ether oxygens (including phenoxy) is 2. The molecule has 2 aromatic heterocycles. The number of aliphatic hydroxyl groups is 2. The topological polar surface area (TPSA) is 216 Å². The molecule has 1 saturated heterocycles. The molecule has 1 fully saturated rings. The maximum atomic E-state index is 11.8. The standard InChI is InChI=1S/C14H20N5O8P/c1-5-17-11(15)8-6(12(16)22)2-19(13(8)18-5)14-10(21)9(20)7(27-14)3-26-4-28(23,24)25/h2,7,9-10,14,20-21H,3-4H2,1H3,(H2,16,22)(H2,15,17,18)(H2,23,24,25)/t7-,9-,10-,14-/m1/s1. The number of nitrogens with two attached hydrogens (primary N) is 2. The highest BCUT2D eigenvalue weighted by molar-refractivity contribution is 7.51. The molecule has 13 nitrogen and oxygen atoms in total. The first-order valence-corrected chi connectivity index (χ1v) is 9.87. The molecule has 0 bridgehead atoms. The van der Waals surface area contributed by atoms with Gasteiger partial charge in [0.05, 0.1) is 17.6 Å². The average molecular weight is 417 g/mol. The number of carbonyl (C=O) groups excluding carboxylic acids is 1. The first-order chi connectivity index (χ1) is 13.0. The summed E-state index contributed by atoms with van der Waals surface area (Å²) in [6.45, 7) is 1.20. The summed E-state index contributed by atoms with van der Waals surface area (Å²) in [5, 5.41) is 20.8. The number of carbonyl (C=O) groups is 1. The molecule has 1 aliphatic rings. The van der Waals surface area contributed by atoms with Gasteiger partial charge >= 0.3 is 7.60 Å². The maximum absolute atomic E-state index is 11.8. The van der Waals surface area contributed by atoms with Gasteiger partial charge in [0.25, 0.3) is 5.91 Å². The Kier molecular flexibility index (Phi) is 5.42. The number of aliphatic hydroxyl groups excluding tert-OH is 2. The molecule has 0 radical (unpaired) electrons. The third-order valence-electron chi connectivity index (χ3n) is 4.23. The van der Waals surface area contributed by atoms with E-state index in [2.05, 4.69) is 9.97 Å². The number of hydrogen-bond acceptors (Lipinski definition) is 9. The first-order valence-electron chi connectivity index (χ1n) is 8.08. The van der Waals surface area contributed by atoms with Gasteiger partial charge in [-0.05, 0) is 6.92 Å². The zero-order chi connectivity index (χ0) is 20.8. The van der Waals surface area contributed by atoms with Crippen LogP contribution in [0.3, 0.4) is 0 Å². The van der Waals surface area contributed by atoms with E-state index in [1.54, 1.807) is 6.92 Å². The van der Waals surface area contributed by atoms with E-state index in [1.807, 2.05) is 0 Å². The van der Waals surface area contributed by atoms with Gasteiger partial charge in [-0.25, -0.2) is 9.97 Å². The molecule has 3 heterocycles. The van der Waals surface area contributed by atoms with E-state index in [4.69, 9.17) is 30.7 Å². The molecule has 4 atom stereocenters. The lowest BCUT2D eigenvalue weighted by Crippen LogP contribution is -2.34. The molecule has 0 saturated carbocycles. The van der Waals surface area contributed by atoms with Crippen molar-refractivity contribution in [3.05, 3.63) is 17.6 Å². The fourth-order valence-electron chi connectivity index (χ4n) is 3.05. The second-order valence-corrected chi connectivity index (χ2v) is 7.97. The molecular formula is C14H20N5O8P. The Morgan fingerprint density at radius 1 is 1.36 bits per heavy atom. The van der Waals surface area contributed by atoms with Crippen molar-refractivity contribution in [2.75, 3.05) is 18.7 Å². The summed E-state index contributed by atoms with van der Waals surface area (Å²) in [5.74, 6) is -0.475. The second-order valence-electron chi connectivity index (χ2n) is 6.38. The lowest BCUT2D eigenvalue weighted by atomic mass is 10.1. The maximum Gasteiger partial charge on any atom is 0.350 e. The zero-order valence-electron chi connectivity index (χ0n) is 14.7. The van der Waals surface area contributed by atoms with Crippen LogP contribution in [0.4, 0.5) is 5.82 Å². The highest BCUT2D eigenvalue weighted by Crippen LogP contribution is 2.37. The highest BCUT2D eigenvalue weighted by atomic mass is 31.2. The minimum Gasteiger partial charge on any atom is -0.387 e. The number of nitrogen functional groups attached to an aromatic ring is 1. The number of hydrogen-bond donors (Lipinski definition) is 6. The molecule has 3 rings (SSSR count). The summed E-state index contributed by atoms with van der Waals surface area (Å²) in [7, 11) is -4.39. The molecule has 28 heavy (non-hydrogen) atoms. The van der Waals surface area contributed by atoms with Gasteiger partial charge in [0, 0.05) is 6.20 Å². The summed E-state index contributed by atoms with van der Waals surface area (Å²) in [4.78, 5) is 37.6. The first kappa shape index (κ1) is 20.6. The highest BCUT2D eigenvalue weighted by Gasteiger charge is 2.45. The van der Waals surface area contributed by atoms with Crippen molar-refractivity contribution < 1.29 is 38.8 Å². The van der Waals surface area contributed by atoms with Crippen LogP contribution in [-0.4, -0.2) is 71.7 Å². The molecule has 8 N–H and O–H groups in total. The van der Waals surface area contributed by atoms with Crippen molar-refractivity contribution >= 4 is 30.4 Å². The number of amides is 1. The SMILES string of the molecule is Cc1nc(N)c2c(C(N)=O)cn([C@@H]3O[C@H](COCP(=O)(O)O)[C@@H](O)[C@H]3O)c2n1. The Balaban J connectivity index is 1.94. The van der Waals surface area contributed by atoms with E-state index in [9.17, 15) is 19.6 Å². The van der Waals surface area contributed by atoms with E-state index in [1.165, 1.54) is 10.8 Å². The Labute approximate surface area is 158 Å². The quantitative estimate of drug-likeness (QED) is 0.288. The minimum atomic E-state index is -4.39. The Hall–Kier alpha value is -2.12. The number of rotatable bonds is 6. The van der Waals surface area contributed by atoms with Crippen LogP contribution in [-0.2, 0) is 14.0 Å². The van der Waals surface area contributed by atoms with Crippen molar-refractivity contribution in [1.82, 2.24) is 14.5 Å². The van der Waals surface area contributed by atoms with Crippen LogP contribution in [0.1, 0.15) is 22.4 Å². The Morgan fingerprint density at radius 3 is 2.64 bits per heavy atom. The van der Waals surface area contributed by atoms with E-state index < -0.39 is 44.4 Å². The summed E-state index contributed by atoms with van der Waals surface area (Å²) < 4.78 is 22.6. The number of aromatic nitrogens is 3. The van der Waals surface area contributed by atoms with Crippen LogP contribution >= 0.6 is 7.60 Å². The van der Waals surface area contributed by atoms with Gasteiger partial charge in [-0.1, -0.05) is 0 Å². The normalized spacial score (nSPS) is 25.5. The van der Waals surface area contributed by atoms with Crippen molar-refractivity contribution in [3.8, 4) is 0 Å². The zero-order valence-corrected chi connectivity index (χ0v) is 15.6. The van der Waals surface area contributed by atoms with Gasteiger partial charge in [0.15, 0.2) is 6.23 Å². The smallest absolute Gasteiger partial charge is 0.350 e. The Bertz CT molecular complexity index is 959. The molecule has 154 valence electrons. The predicted molar refractivity (Wildman–Crippen MR) is 94.0 cm³/mol. The molecule has 0 aromatic carbocycles. The van der Waals surface area contributed by atoms with E-state index in [0.29, 0.717) is 5.82 Å². The number of anilines is 1. The van der Waals surface area contributed by atoms with Gasteiger partial charge in [-0.2, -0.15) is 0 Å². The third-order valence-corrected chi connectivity index (χ3v) is 4.75. The third kappa shape index (κ3) is 3.86. The average Bonchev–Trinajstić information content (AvgIpc) is 3.07. The molecule has 14 heteroatoms. The van der Waals surface area contributed by atoms with Crippen LogP contribution in [0.5, 0.6) is 0 Å². The minimum absolute atomic E-state index is 0.0130. The van der Waals surface area contributed by atoms with Crippen molar-refractivity contribution in [2.45, 2.75) is 31.5 Å². The fourth-order valence-corrected chi connectivity index (χ4v) is 3.40. The number of aryl methyl sites for hydroxylation is 1. The predicted octanol–water partition coefficient (Wildman–Crippen LogP) is -1.81. The largest absolute Gasteiger partial charge is 0.387 e. The van der Waals surface area contributed by atoms with Gasteiger partial charge in [0.1, 0.15) is 41.9 Å². The van der Waals surface area contributed by atoms with Gasteiger partial charge < -0.3 is 45.5 Å². The van der Waals surface area contributed by atoms with Gasteiger partial charge in [0.2, 0.25) is 0 Å². The van der Waals surface area contributed by atoms with Crippen LogP contribution < -0.4 is 11.5 Å². The monoisotopic (exact) mass is 417 g/mol. The van der Waals surface area contributed by atoms with Gasteiger partial charge in [-0.3, -0.25) is 9.36 Å². The Morgan fingerprint density at radius 2 is 2.04 bits per heavy atom. The number of primary amides is 1. The summed E-state index contributed by atoms with van der Waals surface area (Å²) in [5.41, 5.74) is 11.5. The summed E-state index contributed by atoms with van der Waals surface area (Å²) in [6.07, 6.45) is -4.70. The summed E-state index contributed by atoms with van der Waals surface area (Å²) >= 11 is 0. The van der Waals surface area contributed by atoms with Crippen LogP contribution in [0.25, 0.3) is 11.0 Å². The van der Waals surface area contributed by atoms with Crippen molar-refractivity contribution in [3.63, 3.8) is 0 Å². The molecular weight excluding hydrogens is 397 g/mol. The number of fused-ring (bicyclic) bond motifs is 1. The van der Waals surface area contributed by atoms with Crippen molar-refractivity contribution in [2.24, 2.45) is 5.73 Å². The van der Waals surface area contributed by atoms with Crippen molar-refractivity contribution in [1.29, 1.82) is 0 Å². The van der Waals surface area contributed by atoms with E-state index >= 15 is 0 Å². The summed E-state index contributed by atoms with van der Waals surface area (Å²) in [6, 6.07) is 0. The lowest BCUT2D eigenvalue weighted by Gasteiger charge is -2.17. The van der Waals surface area contributed by atoms with Crippen LogP contribution in [0, 0.1) is 6.92 Å². The number of nitrogens with zero attached hydrogens (tertiary/aromatic N) is 3. The fraction of sp³-hybridized carbons (Fsp3) is 0.500.